The van der Waals surface area contributed by atoms with Gasteiger partial charge >= 0.3 is 6.03 Å². The number of rotatable bonds is 4. The van der Waals surface area contributed by atoms with Crippen LogP contribution in [0.15, 0.2) is 48.5 Å². The van der Waals surface area contributed by atoms with Crippen LogP contribution in [0.4, 0.5) is 16.2 Å². The van der Waals surface area contributed by atoms with Crippen molar-refractivity contribution in [2.45, 2.75) is 0 Å². The molecule has 112 valence electrons. The first-order chi connectivity index (χ1) is 10.5. The fourth-order valence-corrected chi connectivity index (χ4v) is 1.77. The number of nitrogens with two attached hydrogens (primary N) is 2. The van der Waals surface area contributed by atoms with Crippen molar-refractivity contribution in [3.63, 3.8) is 0 Å². The van der Waals surface area contributed by atoms with Gasteiger partial charge in [0.15, 0.2) is 0 Å². The molecule has 0 aromatic heterocycles. The van der Waals surface area contributed by atoms with Crippen LogP contribution in [0, 0.1) is 0 Å². The molecule has 0 unspecified atom stereocenters. The highest BCUT2D eigenvalue weighted by atomic mass is 16.2. The summed E-state index contributed by atoms with van der Waals surface area (Å²) in [5.41, 5.74) is 11.9. The minimum atomic E-state index is -0.674. The summed E-state index contributed by atoms with van der Waals surface area (Å²) in [7, 11) is 0. The number of carbonyl (C=O) groups excluding carboxylic acids is 3. The lowest BCUT2D eigenvalue weighted by Crippen LogP contribution is -2.19. The number of benzene rings is 2. The van der Waals surface area contributed by atoms with Gasteiger partial charge in [-0.25, -0.2) is 4.79 Å². The molecule has 0 heterocycles. The molecule has 2 rings (SSSR count). The van der Waals surface area contributed by atoms with Gasteiger partial charge in [-0.2, -0.15) is 0 Å². The number of anilines is 2. The standard InChI is InChI=1S/C15H14N4O3/c16-13(20)9-1-5-11(6-2-9)18-14(21)10-3-7-12(8-4-10)19-15(17)22/h1-8H,(H2,16,20)(H,18,21)(H3,17,19,22). The number of amides is 4. The van der Waals surface area contributed by atoms with Crippen molar-refractivity contribution in [2.24, 2.45) is 11.5 Å². The van der Waals surface area contributed by atoms with Gasteiger partial charge in [0.2, 0.25) is 5.91 Å². The lowest BCUT2D eigenvalue weighted by atomic mass is 10.1. The fourth-order valence-electron chi connectivity index (χ4n) is 1.77. The number of primary amides is 2. The van der Waals surface area contributed by atoms with Crippen LogP contribution >= 0.6 is 0 Å². The summed E-state index contributed by atoms with van der Waals surface area (Å²) in [5, 5.41) is 5.08. The van der Waals surface area contributed by atoms with Crippen LogP contribution in [0.3, 0.4) is 0 Å². The van der Waals surface area contributed by atoms with Crippen molar-refractivity contribution < 1.29 is 14.4 Å². The quantitative estimate of drug-likeness (QED) is 0.683. The lowest BCUT2D eigenvalue weighted by molar-refractivity contribution is 0.0998. The SMILES string of the molecule is NC(=O)Nc1ccc(C(=O)Nc2ccc(C(N)=O)cc2)cc1. The maximum Gasteiger partial charge on any atom is 0.316 e. The molecular weight excluding hydrogens is 284 g/mol. The first-order valence-electron chi connectivity index (χ1n) is 6.33. The average molecular weight is 298 g/mol. The van der Waals surface area contributed by atoms with E-state index >= 15 is 0 Å². The van der Waals surface area contributed by atoms with Crippen molar-refractivity contribution in [1.29, 1.82) is 0 Å². The predicted octanol–water partition coefficient (Wildman–Crippen LogP) is 1.53. The summed E-state index contributed by atoms with van der Waals surface area (Å²) in [5.74, 6) is -0.854. The van der Waals surface area contributed by atoms with E-state index in [1.807, 2.05) is 0 Å². The molecule has 6 N–H and O–H groups in total. The summed E-state index contributed by atoms with van der Waals surface area (Å²) in [6.45, 7) is 0. The van der Waals surface area contributed by atoms with E-state index in [0.717, 1.165) is 0 Å². The Labute approximate surface area is 126 Å². The molecule has 4 amide bonds. The van der Waals surface area contributed by atoms with Crippen molar-refractivity contribution in [3.8, 4) is 0 Å². The molecule has 0 radical (unpaired) electrons. The minimum Gasteiger partial charge on any atom is -0.366 e. The molecule has 0 saturated carbocycles. The smallest absolute Gasteiger partial charge is 0.316 e. The maximum atomic E-state index is 12.1. The van der Waals surface area contributed by atoms with Crippen molar-refractivity contribution in [1.82, 2.24) is 0 Å². The molecule has 7 nitrogen and oxygen atoms in total. The van der Waals surface area contributed by atoms with Crippen LogP contribution in [-0.4, -0.2) is 17.8 Å². The molecule has 0 aliphatic heterocycles. The molecule has 0 saturated heterocycles. The zero-order chi connectivity index (χ0) is 16.1. The third-order valence-corrected chi connectivity index (χ3v) is 2.84. The first kappa shape index (κ1) is 15.0. The first-order valence-corrected chi connectivity index (χ1v) is 6.33. The molecular formula is C15H14N4O3. The molecule has 7 heteroatoms. The van der Waals surface area contributed by atoms with E-state index in [1.54, 1.807) is 36.4 Å². The van der Waals surface area contributed by atoms with Crippen molar-refractivity contribution in [3.05, 3.63) is 59.7 Å². The Kier molecular flexibility index (Phi) is 4.38. The number of hydrogen-bond donors (Lipinski definition) is 4. The highest BCUT2D eigenvalue weighted by molar-refractivity contribution is 6.05. The molecule has 0 bridgehead atoms. The zero-order valence-electron chi connectivity index (χ0n) is 11.5. The van der Waals surface area contributed by atoms with Gasteiger partial charge in [0.1, 0.15) is 0 Å². The Morgan fingerprint density at radius 2 is 1.14 bits per heavy atom. The molecule has 2 aromatic carbocycles. The second-order valence-electron chi connectivity index (χ2n) is 4.46. The van der Waals surface area contributed by atoms with Crippen LogP contribution in [0.5, 0.6) is 0 Å². The van der Waals surface area contributed by atoms with Crippen molar-refractivity contribution >= 4 is 29.2 Å². The molecule has 2 aromatic rings. The Bertz CT molecular complexity index is 709. The summed E-state index contributed by atoms with van der Waals surface area (Å²) in [4.78, 5) is 33.7. The summed E-state index contributed by atoms with van der Waals surface area (Å²) in [6.07, 6.45) is 0. The van der Waals surface area contributed by atoms with Gasteiger partial charge in [-0.3, -0.25) is 9.59 Å². The largest absolute Gasteiger partial charge is 0.366 e. The Morgan fingerprint density at radius 3 is 1.59 bits per heavy atom. The number of carbonyl (C=O) groups is 3. The van der Waals surface area contributed by atoms with Crippen LogP contribution in [-0.2, 0) is 0 Å². The van der Waals surface area contributed by atoms with Gasteiger partial charge in [0, 0.05) is 22.5 Å². The van der Waals surface area contributed by atoms with Gasteiger partial charge in [-0.05, 0) is 48.5 Å². The molecule has 0 spiro atoms. The molecule has 0 atom stereocenters. The van der Waals surface area contributed by atoms with Crippen LogP contribution < -0.4 is 22.1 Å². The molecule has 0 fully saturated rings. The van der Waals surface area contributed by atoms with Gasteiger partial charge < -0.3 is 22.1 Å². The minimum absolute atomic E-state index is 0.322. The third kappa shape index (κ3) is 3.83. The monoisotopic (exact) mass is 298 g/mol. The lowest BCUT2D eigenvalue weighted by Gasteiger charge is -2.07. The van der Waals surface area contributed by atoms with E-state index in [9.17, 15) is 14.4 Å². The number of nitrogens with one attached hydrogen (secondary N) is 2. The van der Waals surface area contributed by atoms with Gasteiger partial charge in [0.25, 0.3) is 5.91 Å². The van der Waals surface area contributed by atoms with E-state index < -0.39 is 11.9 Å². The Balaban J connectivity index is 2.05. The van der Waals surface area contributed by atoms with E-state index in [-0.39, 0.29) is 5.91 Å². The highest BCUT2D eigenvalue weighted by Crippen LogP contribution is 2.13. The normalized spacial score (nSPS) is 9.82. The van der Waals surface area contributed by atoms with Crippen LogP contribution in [0.25, 0.3) is 0 Å². The average Bonchev–Trinajstić information content (AvgIpc) is 2.48. The summed E-state index contributed by atoms with van der Waals surface area (Å²) in [6, 6.07) is 11.8. The third-order valence-electron chi connectivity index (χ3n) is 2.84. The second-order valence-corrected chi connectivity index (χ2v) is 4.46. The van der Waals surface area contributed by atoms with Gasteiger partial charge in [-0.1, -0.05) is 0 Å². The topological polar surface area (TPSA) is 127 Å². The van der Waals surface area contributed by atoms with Gasteiger partial charge in [-0.15, -0.1) is 0 Å². The second kappa shape index (κ2) is 6.40. The van der Waals surface area contributed by atoms with E-state index in [1.165, 1.54) is 12.1 Å². The summed E-state index contributed by atoms with van der Waals surface area (Å²) < 4.78 is 0. The molecule has 22 heavy (non-hydrogen) atoms. The highest BCUT2D eigenvalue weighted by Gasteiger charge is 2.07. The number of urea groups is 1. The van der Waals surface area contributed by atoms with Crippen molar-refractivity contribution in [2.75, 3.05) is 10.6 Å². The van der Waals surface area contributed by atoms with Crippen LogP contribution in [0.2, 0.25) is 0 Å². The van der Waals surface area contributed by atoms with Gasteiger partial charge in [0.05, 0.1) is 0 Å². The Morgan fingerprint density at radius 1 is 0.682 bits per heavy atom. The van der Waals surface area contributed by atoms with Crippen LogP contribution in [0.1, 0.15) is 20.7 Å². The molecule has 0 aliphatic rings. The molecule has 0 aliphatic carbocycles. The summed E-state index contributed by atoms with van der Waals surface area (Å²) >= 11 is 0. The Hall–Kier alpha value is -3.35. The maximum absolute atomic E-state index is 12.1. The number of hydrogen-bond acceptors (Lipinski definition) is 3. The fraction of sp³-hybridized carbons (Fsp3) is 0. The predicted molar refractivity (Wildman–Crippen MR) is 82.6 cm³/mol. The zero-order valence-corrected chi connectivity index (χ0v) is 11.5. The van der Waals surface area contributed by atoms with E-state index in [0.29, 0.717) is 22.5 Å². The van der Waals surface area contributed by atoms with E-state index in [4.69, 9.17) is 11.5 Å². The van der Waals surface area contributed by atoms with E-state index in [2.05, 4.69) is 10.6 Å².